The van der Waals surface area contributed by atoms with Gasteiger partial charge in [0.2, 0.25) is 0 Å². The van der Waals surface area contributed by atoms with Crippen LogP contribution >= 0.6 is 11.6 Å². The minimum absolute atomic E-state index is 0.301. The summed E-state index contributed by atoms with van der Waals surface area (Å²) >= 11 is 5.85. The van der Waals surface area contributed by atoms with Gasteiger partial charge in [0.05, 0.1) is 12.7 Å². The number of nitrogens with zero attached hydrogens (tertiary/aromatic N) is 1. The summed E-state index contributed by atoms with van der Waals surface area (Å²) in [7, 11) is 0. The Morgan fingerprint density at radius 1 is 1.46 bits per heavy atom. The van der Waals surface area contributed by atoms with E-state index in [1.54, 1.807) is 0 Å². The van der Waals surface area contributed by atoms with Crippen molar-refractivity contribution in [2.45, 2.75) is 25.6 Å². The zero-order valence-electron chi connectivity index (χ0n) is 7.16. The largest absolute Gasteiger partial charge is 0.368 e. The number of pyridine rings is 1. The first kappa shape index (κ1) is 7.77. The van der Waals surface area contributed by atoms with Crippen LogP contribution in [0.1, 0.15) is 30.1 Å². The van der Waals surface area contributed by atoms with Crippen LogP contribution in [0.3, 0.4) is 0 Å². The van der Waals surface area contributed by atoms with Crippen LogP contribution in [-0.2, 0) is 11.3 Å². The van der Waals surface area contributed by atoms with E-state index in [0.717, 1.165) is 5.92 Å². The highest BCUT2D eigenvalue weighted by atomic mass is 35.5. The Kier molecular flexibility index (Phi) is 1.61. The number of ether oxygens (including phenoxy) is 1. The Labute approximate surface area is 81.9 Å². The van der Waals surface area contributed by atoms with Crippen LogP contribution in [0.4, 0.5) is 0 Å². The molecule has 0 aromatic carbocycles. The maximum absolute atomic E-state index is 5.85. The Hall–Kier alpha value is -0.600. The lowest BCUT2D eigenvalue weighted by atomic mass is 10.1. The van der Waals surface area contributed by atoms with E-state index in [1.807, 2.05) is 12.3 Å². The molecular formula is C10H10ClNO. The third kappa shape index (κ3) is 1.25. The van der Waals surface area contributed by atoms with Crippen molar-refractivity contribution in [2.75, 3.05) is 0 Å². The fourth-order valence-corrected chi connectivity index (χ4v) is 2.08. The normalized spacial score (nSPS) is 26.1. The van der Waals surface area contributed by atoms with Crippen molar-refractivity contribution in [2.24, 2.45) is 5.92 Å². The molecule has 0 bridgehead atoms. The summed E-state index contributed by atoms with van der Waals surface area (Å²) in [5.41, 5.74) is 2.48. The van der Waals surface area contributed by atoms with E-state index < -0.39 is 0 Å². The summed E-state index contributed by atoms with van der Waals surface area (Å²) in [4.78, 5) is 4.05. The highest BCUT2D eigenvalue weighted by Gasteiger charge is 2.37. The molecule has 1 saturated carbocycles. The molecule has 3 rings (SSSR count). The molecule has 1 atom stereocenters. The highest BCUT2D eigenvalue weighted by Crippen LogP contribution is 2.47. The van der Waals surface area contributed by atoms with E-state index in [4.69, 9.17) is 16.3 Å². The molecule has 68 valence electrons. The Balaban J connectivity index is 2.03. The smallest absolute Gasteiger partial charge is 0.129 e. The number of rotatable bonds is 1. The molecule has 1 fully saturated rings. The van der Waals surface area contributed by atoms with Crippen molar-refractivity contribution < 1.29 is 4.74 Å². The lowest BCUT2D eigenvalue weighted by molar-refractivity contribution is 0.0506. The molecule has 0 saturated heterocycles. The quantitative estimate of drug-likeness (QED) is 0.643. The molecule has 13 heavy (non-hydrogen) atoms. The van der Waals surface area contributed by atoms with Gasteiger partial charge in [-0.25, -0.2) is 4.98 Å². The third-order valence-electron chi connectivity index (χ3n) is 2.76. The summed E-state index contributed by atoms with van der Waals surface area (Å²) in [6.07, 6.45) is 4.73. The maximum Gasteiger partial charge on any atom is 0.129 e. The molecule has 1 aliphatic heterocycles. The van der Waals surface area contributed by atoms with Gasteiger partial charge in [0, 0.05) is 11.8 Å². The van der Waals surface area contributed by atoms with Crippen molar-refractivity contribution in [3.63, 3.8) is 0 Å². The van der Waals surface area contributed by atoms with Gasteiger partial charge in [0.1, 0.15) is 5.15 Å². The zero-order valence-corrected chi connectivity index (χ0v) is 7.92. The average molecular weight is 196 g/mol. The van der Waals surface area contributed by atoms with Crippen LogP contribution in [0.2, 0.25) is 5.15 Å². The predicted octanol–water partition coefficient (Wildman–Crippen LogP) is 2.72. The molecule has 3 heteroatoms. The number of hydrogen-bond donors (Lipinski definition) is 0. The first-order valence-electron chi connectivity index (χ1n) is 4.60. The Bertz CT molecular complexity index is 349. The second kappa shape index (κ2) is 2.69. The molecule has 1 aromatic rings. The molecule has 0 N–H and O–H groups in total. The Morgan fingerprint density at radius 2 is 2.31 bits per heavy atom. The summed E-state index contributed by atoms with van der Waals surface area (Å²) < 4.78 is 5.70. The topological polar surface area (TPSA) is 22.1 Å². The highest BCUT2D eigenvalue weighted by molar-refractivity contribution is 6.29. The molecule has 0 radical (unpaired) electrons. The first-order chi connectivity index (χ1) is 6.34. The minimum atomic E-state index is 0.301. The molecule has 2 aliphatic rings. The van der Waals surface area contributed by atoms with Gasteiger partial charge < -0.3 is 4.74 Å². The zero-order chi connectivity index (χ0) is 8.84. The number of hydrogen-bond acceptors (Lipinski definition) is 2. The number of aromatic nitrogens is 1. The van der Waals surface area contributed by atoms with E-state index in [9.17, 15) is 0 Å². The van der Waals surface area contributed by atoms with Crippen LogP contribution in [0.25, 0.3) is 0 Å². The molecular weight excluding hydrogens is 186 g/mol. The van der Waals surface area contributed by atoms with E-state index in [1.165, 1.54) is 24.0 Å². The Morgan fingerprint density at radius 3 is 3.08 bits per heavy atom. The van der Waals surface area contributed by atoms with E-state index >= 15 is 0 Å². The summed E-state index contributed by atoms with van der Waals surface area (Å²) in [6, 6.07) is 1.95. The second-order valence-corrected chi connectivity index (χ2v) is 4.16. The van der Waals surface area contributed by atoms with Crippen LogP contribution in [-0.4, -0.2) is 4.98 Å². The lowest BCUT2D eigenvalue weighted by Crippen LogP contribution is -1.97. The fourth-order valence-electron chi connectivity index (χ4n) is 1.92. The molecule has 1 aromatic heterocycles. The van der Waals surface area contributed by atoms with Gasteiger partial charge in [-0.15, -0.1) is 0 Å². The van der Waals surface area contributed by atoms with Gasteiger partial charge in [-0.2, -0.15) is 0 Å². The SMILES string of the molecule is Clc1cc2c(cn1)COC2C1CC1. The van der Waals surface area contributed by atoms with Gasteiger partial charge in [-0.3, -0.25) is 0 Å². The first-order valence-corrected chi connectivity index (χ1v) is 4.98. The number of fused-ring (bicyclic) bond motifs is 1. The van der Waals surface area contributed by atoms with E-state index in [-0.39, 0.29) is 0 Å². The molecule has 0 amide bonds. The molecule has 0 spiro atoms. The van der Waals surface area contributed by atoms with Gasteiger partial charge in [0.25, 0.3) is 0 Å². The second-order valence-electron chi connectivity index (χ2n) is 3.77. The summed E-state index contributed by atoms with van der Waals surface area (Å²) in [5.74, 6) is 0.736. The maximum atomic E-state index is 5.85. The van der Waals surface area contributed by atoms with Crippen molar-refractivity contribution >= 4 is 11.6 Å². The standard InChI is InChI=1S/C10H10ClNO/c11-9-3-8-7(4-12-9)5-13-10(8)6-1-2-6/h3-4,6,10H,1-2,5H2. The van der Waals surface area contributed by atoms with Crippen molar-refractivity contribution in [1.82, 2.24) is 4.98 Å². The number of halogens is 1. The fraction of sp³-hybridized carbons (Fsp3) is 0.500. The minimum Gasteiger partial charge on any atom is -0.368 e. The van der Waals surface area contributed by atoms with Crippen LogP contribution in [0.5, 0.6) is 0 Å². The van der Waals surface area contributed by atoms with Crippen LogP contribution < -0.4 is 0 Å². The molecule has 2 heterocycles. The van der Waals surface area contributed by atoms with Crippen LogP contribution in [0.15, 0.2) is 12.3 Å². The average Bonchev–Trinajstić information content (AvgIpc) is 2.87. The van der Waals surface area contributed by atoms with Crippen molar-refractivity contribution in [1.29, 1.82) is 0 Å². The van der Waals surface area contributed by atoms with Crippen LogP contribution in [0, 0.1) is 5.92 Å². The lowest BCUT2D eigenvalue weighted by Gasteiger charge is -2.08. The van der Waals surface area contributed by atoms with Gasteiger partial charge in [0.15, 0.2) is 0 Å². The predicted molar refractivity (Wildman–Crippen MR) is 49.5 cm³/mol. The van der Waals surface area contributed by atoms with E-state index in [0.29, 0.717) is 17.9 Å². The van der Waals surface area contributed by atoms with Gasteiger partial charge in [-0.1, -0.05) is 11.6 Å². The molecule has 1 unspecified atom stereocenters. The molecule has 1 aliphatic carbocycles. The summed E-state index contributed by atoms with van der Waals surface area (Å²) in [6.45, 7) is 0.709. The van der Waals surface area contributed by atoms with Crippen molar-refractivity contribution in [3.8, 4) is 0 Å². The molecule has 2 nitrogen and oxygen atoms in total. The summed E-state index contributed by atoms with van der Waals surface area (Å²) in [5, 5.41) is 0.579. The van der Waals surface area contributed by atoms with E-state index in [2.05, 4.69) is 4.98 Å². The third-order valence-corrected chi connectivity index (χ3v) is 2.97. The van der Waals surface area contributed by atoms with Gasteiger partial charge in [-0.05, 0) is 30.4 Å². The van der Waals surface area contributed by atoms with Gasteiger partial charge >= 0.3 is 0 Å². The monoisotopic (exact) mass is 195 g/mol. The van der Waals surface area contributed by atoms with Crippen molar-refractivity contribution in [3.05, 3.63) is 28.5 Å².